The van der Waals surface area contributed by atoms with Crippen molar-refractivity contribution in [3.05, 3.63) is 42.1 Å². The van der Waals surface area contributed by atoms with Gasteiger partial charge in [-0.25, -0.2) is 9.37 Å². The second kappa shape index (κ2) is 4.40. The van der Waals surface area contributed by atoms with E-state index in [-0.39, 0.29) is 17.8 Å². The third-order valence-electron chi connectivity index (χ3n) is 4.37. The summed E-state index contributed by atoms with van der Waals surface area (Å²) in [6.07, 6.45) is 3.65. The van der Waals surface area contributed by atoms with E-state index in [1.807, 2.05) is 10.6 Å². The molecule has 1 saturated heterocycles. The third kappa shape index (κ3) is 1.57. The number of halogens is 1. The molecule has 1 fully saturated rings. The number of aliphatic hydroxyl groups excluding tert-OH is 1. The van der Waals surface area contributed by atoms with Crippen LogP contribution in [0.1, 0.15) is 18.0 Å². The summed E-state index contributed by atoms with van der Waals surface area (Å²) < 4.78 is 21.4. The molecule has 104 valence electrons. The fraction of sp³-hybridized carbons (Fsp3) is 0.400. The first-order valence-corrected chi connectivity index (χ1v) is 6.84. The molecular weight excluding hydrogens is 259 g/mol. The van der Waals surface area contributed by atoms with E-state index in [9.17, 15) is 9.50 Å². The molecule has 0 bridgehead atoms. The van der Waals surface area contributed by atoms with Gasteiger partial charge in [0, 0.05) is 18.1 Å². The zero-order chi connectivity index (χ0) is 13.7. The molecule has 4 rings (SSSR count). The molecule has 0 saturated carbocycles. The number of hydrogen-bond donors (Lipinski definition) is 1. The molecule has 0 radical (unpaired) electrons. The summed E-state index contributed by atoms with van der Waals surface area (Å²) in [5.74, 6) is -0.201. The Bertz CT molecular complexity index is 655. The molecule has 20 heavy (non-hydrogen) atoms. The number of rotatable bonds is 1. The molecule has 1 aromatic heterocycles. The van der Waals surface area contributed by atoms with E-state index in [0.717, 1.165) is 17.7 Å². The second-order valence-corrected chi connectivity index (χ2v) is 5.43. The average molecular weight is 274 g/mol. The van der Waals surface area contributed by atoms with E-state index >= 15 is 0 Å². The normalized spacial score (nSPS) is 28.2. The average Bonchev–Trinajstić information content (AvgIpc) is 3.00. The Morgan fingerprint density at radius 2 is 2.30 bits per heavy atom. The van der Waals surface area contributed by atoms with Crippen LogP contribution >= 0.6 is 0 Å². The first-order chi connectivity index (χ1) is 9.77. The molecule has 3 heterocycles. The predicted molar refractivity (Wildman–Crippen MR) is 70.7 cm³/mol. The standard InChI is InChI=1S/C15H15FN2O2/c16-11-3-1-2-10-14(11)12-6-17-8-18(12)15(10)9-4-5-20-7-13(9)19/h1-3,6,8-9,13,15,19H,4-5,7H2/t9-,13?,15+/m1/s1. The maximum Gasteiger partial charge on any atom is 0.132 e. The molecule has 0 aliphatic carbocycles. The van der Waals surface area contributed by atoms with Gasteiger partial charge < -0.3 is 14.4 Å². The van der Waals surface area contributed by atoms with Crippen molar-refractivity contribution >= 4 is 0 Å². The zero-order valence-corrected chi connectivity index (χ0v) is 10.9. The minimum absolute atomic E-state index is 0.0275. The SMILES string of the molecule is OC1COCC[C@H]1[C@H]1c2cccc(F)c2-c2cncn21. The van der Waals surface area contributed by atoms with Gasteiger partial charge in [0.05, 0.1) is 37.0 Å². The Balaban J connectivity index is 1.87. The maximum atomic E-state index is 14.2. The van der Waals surface area contributed by atoms with Crippen LogP contribution in [-0.2, 0) is 4.74 Å². The molecule has 0 amide bonds. The van der Waals surface area contributed by atoms with E-state index in [2.05, 4.69) is 4.98 Å². The number of imidazole rings is 1. The van der Waals surface area contributed by atoms with Gasteiger partial charge in [0.1, 0.15) is 5.82 Å². The number of benzene rings is 1. The van der Waals surface area contributed by atoms with Crippen LogP contribution in [0, 0.1) is 11.7 Å². The van der Waals surface area contributed by atoms with Gasteiger partial charge in [-0.15, -0.1) is 0 Å². The van der Waals surface area contributed by atoms with Gasteiger partial charge in [-0.05, 0) is 18.1 Å². The molecule has 3 atom stereocenters. The summed E-state index contributed by atoms with van der Waals surface area (Å²) in [6.45, 7) is 0.975. The lowest BCUT2D eigenvalue weighted by atomic mass is 9.85. The van der Waals surface area contributed by atoms with Crippen molar-refractivity contribution in [1.82, 2.24) is 9.55 Å². The highest BCUT2D eigenvalue weighted by molar-refractivity contribution is 5.69. The van der Waals surface area contributed by atoms with E-state index < -0.39 is 6.10 Å². The van der Waals surface area contributed by atoms with Gasteiger partial charge in [0.25, 0.3) is 0 Å². The highest BCUT2D eigenvalue weighted by atomic mass is 19.1. The van der Waals surface area contributed by atoms with Crippen molar-refractivity contribution in [1.29, 1.82) is 0 Å². The Hall–Kier alpha value is -1.72. The fourth-order valence-corrected chi connectivity index (χ4v) is 3.47. The minimum atomic E-state index is -0.529. The quantitative estimate of drug-likeness (QED) is 0.865. The molecule has 1 N–H and O–H groups in total. The zero-order valence-electron chi connectivity index (χ0n) is 10.9. The van der Waals surface area contributed by atoms with Crippen molar-refractivity contribution in [2.75, 3.05) is 13.2 Å². The Morgan fingerprint density at radius 3 is 3.15 bits per heavy atom. The van der Waals surface area contributed by atoms with Crippen LogP contribution < -0.4 is 0 Å². The van der Waals surface area contributed by atoms with Crippen LogP contribution in [0.25, 0.3) is 11.3 Å². The number of fused-ring (bicyclic) bond motifs is 3. The molecule has 2 aromatic rings. The number of ether oxygens (including phenoxy) is 1. The molecule has 1 unspecified atom stereocenters. The lowest BCUT2D eigenvalue weighted by Gasteiger charge is -2.33. The van der Waals surface area contributed by atoms with E-state index in [1.54, 1.807) is 18.6 Å². The second-order valence-electron chi connectivity index (χ2n) is 5.43. The number of nitrogens with zero attached hydrogens (tertiary/aromatic N) is 2. The first kappa shape index (κ1) is 12.1. The van der Waals surface area contributed by atoms with Gasteiger partial charge in [-0.2, -0.15) is 0 Å². The van der Waals surface area contributed by atoms with Crippen molar-refractivity contribution < 1.29 is 14.2 Å². The third-order valence-corrected chi connectivity index (χ3v) is 4.37. The smallest absolute Gasteiger partial charge is 0.132 e. The maximum absolute atomic E-state index is 14.2. The van der Waals surface area contributed by atoms with Gasteiger partial charge in [-0.3, -0.25) is 0 Å². The summed E-state index contributed by atoms with van der Waals surface area (Å²) in [5.41, 5.74) is 2.35. The number of aliphatic hydroxyl groups is 1. The lowest BCUT2D eigenvalue weighted by molar-refractivity contribution is -0.0540. The largest absolute Gasteiger partial charge is 0.390 e. The van der Waals surface area contributed by atoms with Gasteiger partial charge in [-0.1, -0.05) is 12.1 Å². The van der Waals surface area contributed by atoms with Crippen LogP contribution in [-0.4, -0.2) is 34.0 Å². The highest BCUT2D eigenvalue weighted by Gasteiger charge is 2.40. The van der Waals surface area contributed by atoms with Gasteiger partial charge in [0.15, 0.2) is 0 Å². The molecule has 2 aliphatic rings. The minimum Gasteiger partial charge on any atom is -0.390 e. The van der Waals surface area contributed by atoms with Crippen LogP contribution in [0.2, 0.25) is 0 Å². The number of aromatic nitrogens is 2. The Morgan fingerprint density at radius 1 is 1.40 bits per heavy atom. The molecule has 4 nitrogen and oxygen atoms in total. The van der Waals surface area contributed by atoms with E-state index in [1.165, 1.54) is 6.07 Å². The highest BCUT2D eigenvalue weighted by Crippen LogP contribution is 2.46. The summed E-state index contributed by atoms with van der Waals surface area (Å²) in [7, 11) is 0. The van der Waals surface area contributed by atoms with Crippen LogP contribution in [0.3, 0.4) is 0 Å². The molecule has 0 spiro atoms. The molecule has 5 heteroatoms. The molecular formula is C15H15FN2O2. The van der Waals surface area contributed by atoms with Crippen LogP contribution in [0.4, 0.5) is 4.39 Å². The van der Waals surface area contributed by atoms with Crippen molar-refractivity contribution in [2.45, 2.75) is 18.6 Å². The van der Waals surface area contributed by atoms with Crippen molar-refractivity contribution in [2.24, 2.45) is 5.92 Å². The van der Waals surface area contributed by atoms with Gasteiger partial charge >= 0.3 is 0 Å². The van der Waals surface area contributed by atoms with E-state index in [4.69, 9.17) is 4.74 Å². The molecule has 2 aliphatic heterocycles. The molecule has 1 aromatic carbocycles. The number of hydrogen-bond acceptors (Lipinski definition) is 3. The monoisotopic (exact) mass is 274 g/mol. The summed E-state index contributed by atoms with van der Waals surface area (Å²) in [4.78, 5) is 4.14. The summed E-state index contributed by atoms with van der Waals surface area (Å²) in [6, 6.07) is 5.08. The van der Waals surface area contributed by atoms with Crippen molar-refractivity contribution in [3.63, 3.8) is 0 Å². The van der Waals surface area contributed by atoms with Crippen LogP contribution in [0.5, 0.6) is 0 Å². The predicted octanol–water partition coefficient (Wildman–Crippen LogP) is 1.99. The topological polar surface area (TPSA) is 47.3 Å². The van der Waals surface area contributed by atoms with Crippen LogP contribution in [0.15, 0.2) is 30.7 Å². The first-order valence-electron chi connectivity index (χ1n) is 6.84. The lowest BCUT2D eigenvalue weighted by Crippen LogP contribution is -2.37. The van der Waals surface area contributed by atoms with Gasteiger partial charge in [0.2, 0.25) is 0 Å². The summed E-state index contributed by atoms with van der Waals surface area (Å²) >= 11 is 0. The fourth-order valence-electron chi connectivity index (χ4n) is 3.47. The Labute approximate surface area is 115 Å². The van der Waals surface area contributed by atoms with Crippen molar-refractivity contribution in [3.8, 4) is 11.3 Å². The summed E-state index contributed by atoms with van der Waals surface area (Å²) in [5, 5.41) is 10.2. The van der Waals surface area contributed by atoms with E-state index in [0.29, 0.717) is 18.8 Å². The Kier molecular flexibility index (Phi) is 2.65.